The molecule has 0 saturated heterocycles. The van der Waals surface area contributed by atoms with E-state index in [-0.39, 0.29) is 18.5 Å². The third-order valence-corrected chi connectivity index (χ3v) is 3.43. The van der Waals surface area contributed by atoms with Crippen LogP contribution in [-0.4, -0.2) is 24.8 Å². The van der Waals surface area contributed by atoms with E-state index in [0.29, 0.717) is 5.56 Å². The molecule has 0 saturated carbocycles. The zero-order chi connectivity index (χ0) is 14.1. The Labute approximate surface area is 115 Å². The molecule has 1 aromatic rings. The number of hydrogen-bond donors (Lipinski definition) is 1. The fourth-order valence-electron chi connectivity index (χ4n) is 2.19. The number of aliphatic hydroxyl groups is 1. The molecule has 0 heterocycles. The Kier molecular flexibility index (Phi) is 7.19. The average molecular weight is 264 g/mol. The summed E-state index contributed by atoms with van der Waals surface area (Å²) in [6.45, 7) is 2.35. The van der Waals surface area contributed by atoms with E-state index in [1.807, 2.05) is 12.1 Å². The molecule has 0 spiro atoms. The van der Waals surface area contributed by atoms with Gasteiger partial charge in [0.2, 0.25) is 0 Å². The van der Waals surface area contributed by atoms with Gasteiger partial charge in [0.25, 0.3) is 0 Å². The van der Waals surface area contributed by atoms with Crippen LogP contribution in [0.3, 0.4) is 0 Å². The summed E-state index contributed by atoms with van der Waals surface area (Å²) in [6, 6.07) is 7.34. The van der Waals surface area contributed by atoms with Crippen LogP contribution in [0.25, 0.3) is 0 Å². The van der Waals surface area contributed by atoms with E-state index in [1.165, 1.54) is 26.4 Å². The minimum atomic E-state index is -0.324. The van der Waals surface area contributed by atoms with Gasteiger partial charge in [0.05, 0.1) is 12.7 Å². The summed E-state index contributed by atoms with van der Waals surface area (Å²) in [7, 11) is 1.38. The predicted octanol–water partition coefficient (Wildman–Crippen LogP) is 3.52. The van der Waals surface area contributed by atoms with Gasteiger partial charge in [0.1, 0.15) is 0 Å². The van der Waals surface area contributed by atoms with E-state index in [9.17, 15) is 9.90 Å². The topological polar surface area (TPSA) is 46.5 Å². The van der Waals surface area contributed by atoms with Gasteiger partial charge in [0, 0.05) is 12.5 Å². The van der Waals surface area contributed by atoms with Gasteiger partial charge in [-0.25, -0.2) is 4.79 Å². The Balaban J connectivity index is 2.58. The molecule has 1 N–H and O–H groups in total. The first kappa shape index (κ1) is 15.7. The molecule has 0 aliphatic rings. The van der Waals surface area contributed by atoms with Crippen molar-refractivity contribution in [3.63, 3.8) is 0 Å². The van der Waals surface area contributed by atoms with Crippen LogP contribution in [0.1, 0.15) is 60.9 Å². The number of rotatable bonds is 8. The maximum Gasteiger partial charge on any atom is 0.337 e. The van der Waals surface area contributed by atoms with Crippen LogP contribution in [0.15, 0.2) is 24.3 Å². The molecule has 0 bridgehead atoms. The van der Waals surface area contributed by atoms with E-state index in [2.05, 4.69) is 11.7 Å². The van der Waals surface area contributed by atoms with E-state index >= 15 is 0 Å². The molecule has 106 valence electrons. The second kappa shape index (κ2) is 8.70. The van der Waals surface area contributed by atoms with Crippen molar-refractivity contribution in [1.82, 2.24) is 0 Å². The number of benzene rings is 1. The van der Waals surface area contributed by atoms with Gasteiger partial charge in [-0.05, 0) is 24.1 Å². The first-order valence-corrected chi connectivity index (χ1v) is 7.02. The molecule has 0 aromatic heterocycles. The van der Waals surface area contributed by atoms with Gasteiger partial charge >= 0.3 is 5.97 Å². The lowest BCUT2D eigenvalue weighted by Crippen LogP contribution is -2.06. The molecule has 3 nitrogen and oxygen atoms in total. The molecule has 1 rings (SSSR count). The molecule has 0 radical (unpaired) electrons. The molecule has 19 heavy (non-hydrogen) atoms. The van der Waals surface area contributed by atoms with E-state index in [4.69, 9.17) is 0 Å². The molecule has 1 aromatic carbocycles. The number of aliphatic hydroxyl groups excluding tert-OH is 1. The van der Waals surface area contributed by atoms with Crippen molar-refractivity contribution in [2.45, 2.75) is 44.9 Å². The van der Waals surface area contributed by atoms with Gasteiger partial charge in [-0.2, -0.15) is 0 Å². The molecular weight excluding hydrogens is 240 g/mol. The first-order valence-electron chi connectivity index (χ1n) is 7.02. The Morgan fingerprint density at radius 1 is 1.21 bits per heavy atom. The zero-order valence-corrected chi connectivity index (χ0v) is 11.9. The summed E-state index contributed by atoms with van der Waals surface area (Å²) < 4.78 is 4.67. The number of carbonyl (C=O) groups is 1. The first-order chi connectivity index (χ1) is 9.22. The maximum absolute atomic E-state index is 11.3. The monoisotopic (exact) mass is 264 g/mol. The van der Waals surface area contributed by atoms with Gasteiger partial charge in [-0.1, -0.05) is 44.7 Å². The van der Waals surface area contributed by atoms with Crippen LogP contribution in [-0.2, 0) is 4.74 Å². The van der Waals surface area contributed by atoms with Crippen LogP contribution < -0.4 is 0 Å². The van der Waals surface area contributed by atoms with Crippen LogP contribution >= 0.6 is 0 Å². The number of unbranched alkanes of at least 4 members (excludes halogenated alkanes) is 3. The smallest absolute Gasteiger partial charge is 0.337 e. The minimum absolute atomic E-state index is 0.156. The highest BCUT2D eigenvalue weighted by atomic mass is 16.5. The summed E-state index contributed by atoms with van der Waals surface area (Å²) >= 11 is 0. The quantitative estimate of drug-likeness (QED) is 0.577. The second-order valence-electron chi connectivity index (χ2n) is 4.84. The summed E-state index contributed by atoms with van der Waals surface area (Å²) in [5.41, 5.74) is 1.64. The van der Waals surface area contributed by atoms with Gasteiger partial charge in [0.15, 0.2) is 0 Å². The van der Waals surface area contributed by atoms with Crippen LogP contribution in [0, 0.1) is 0 Å². The van der Waals surface area contributed by atoms with E-state index in [0.717, 1.165) is 18.4 Å². The highest BCUT2D eigenvalue weighted by molar-refractivity contribution is 5.89. The number of hydrogen-bond acceptors (Lipinski definition) is 3. The Bertz CT molecular complexity index is 370. The number of esters is 1. The van der Waals surface area contributed by atoms with E-state index in [1.54, 1.807) is 12.1 Å². The highest BCUT2D eigenvalue weighted by Gasteiger charge is 2.11. The highest BCUT2D eigenvalue weighted by Crippen LogP contribution is 2.22. The normalized spacial score (nSPS) is 12.2. The zero-order valence-electron chi connectivity index (χ0n) is 11.9. The van der Waals surface area contributed by atoms with Crippen molar-refractivity contribution in [3.05, 3.63) is 35.4 Å². The molecule has 0 amide bonds. The van der Waals surface area contributed by atoms with Crippen molar-refractivity contribution in [2.75, 3.05) is 13.7 Å². The average Bonchev–Trinajstić information content (AvgIpc) is 2.47. The Morgan fingerprint density at radius 3 is 2.42 bits per heavy atom. The molecule has 0 fully saturated rings. The van der Waals surface area contributed by atoms with Gasteiger partial charge < -0.3 is 9.84 Å². The molecule has 3 heteroatoms. The second-order valence-corrected chi connectivity index (χ2v) is 4.84. The predicted molar refractivity (Wildman–Crippen MR) is 76.4 cm³/mol. The van der Waals surface area contributed by atoms with Gasteiger partial charge in [-0.3, -0.25) is 0 Å². The summed E-state index contributed by atoms with van der Waals surface area (Å²) in [4.78, 5) is 11.3. The molecule has 0 aliphatic carbocycles. The fourth-order valence-corrected chi connectivity index (χ4v) is 2.19. The molecular formula is C16H24O3. The summed E-state index contributed by atoms with van der Waals surface area (Å²) in [5, 5.41) is 9.47. The van der Waals surface area contributed by atoms with Crippen LogP contribution in [0.4, 0.5) is 0 Å². The standard InChI is InChI=1S/C16H24O3/c1-3-4-5-6-7-15(12-17)13-8-10-14(11-9-13)16(18)19-2/h8-11,15,17H,3-7,12H2,1-2H3/t15-/m1/s1. The Morgan fingerprint density at radius 2 is 1.89 bits per heavy atom. The SMILES string of the molecule is CCCCCC[C@H](CO)c1ccc(C(=O)OC)cc1. The fraction of sp³-hybridized carbons (Fsp3) is 0.562. The third kappa shape index (κ3) is 5.03. The van der Waals surface area contributed by atoms with Crippen molar-refractivity contribution in [1.29, 1.82) is 0 Å². The summed E-state index contributed by atoms with van der Waals surface area (Å²) in [5.74, 6) is -0.154. The molecule has 1 atom stereocenters. The van der Waals surface area contributed by atoms with Crippen molar-refractivity contribution in [3.8, 4) is 0 Å². The lowest BCUT2D eigenvalue weighted by atomic mass is 9.93. The van der Waals surface area contributed by atoms with E-state index < -0.39 is 0 Å². The third-order valence-electron chi connectivity index (χ3n) is 3.43. The summed E-state index contributed by atoms with van der Waals surface area (Å²) in [6.07, 6.45) is 5.82. The number of ether oxygens (including phenoxy) is 1. The Hall–Kier alpha value is -1.35. The molecule has 0 aliphatic heterocycles. The number of carbonyl (C=O) groups excluding carboxylic acids is 1. The van der Waals surface area contributed by atoms with Crippen LogP contribution in [0.5, 0.6) is 0 Å². The number of methoxy groups -OCH3 is 1. The van der Waals surface area contributed by atoms with Crippen molar-refractivity contribution in [2.24, 2.45) is 0 Å². The van der Waals surface area contributed by atoms with Crippen LogP contribution in [0.2, 0.25) is 0 Å². The minimum Gasteiger partial charge on any atom is -0.465 e. The van der Waals surface area contributed by atoms with Gasteiger partial charge in [-0.15, -0.1) is 0 Å². The van der Waals surface area contributed by atoms with Crippen molar-refractivity contribution < 1.29 is 14.6 Å². The maximum atomic E-state index is 11.3. The lowest BCUT2D eigenvalue weighted by molar-refractivity contribution is 0.0600. The lowest BCUT2D eigenvalue weighted by Gasteiger charge is -2.14. The molecule has 0 unspecified atom stereocenters. The van der Waals surface area contributed by atoms with Crippen molar-refractivity contribution >= 4 is 5.97 Å². The largest absolute Gasteiger partial charge is 0.465 e.